The van der Waals surface area contributed by atoms with E-state index in [4.69, 9.17) is 17.3 Å². The van der Waals surface area contributed by atoms with Crippen molar-refractivity contribution >= 4 is 17.5 Å². The van der Waals surface area contributed by atoms with Gasteiger partial charge in [-0.3, -0.25) is 4.79 Å². The lowest BCUT2D eigenvalue weighted by molar-refractivity contribution is -0.118. The summed E-state index contributed by atoms with van der Waals surface area (Å²) in [5.74, 6) is -0.0882. The van der Waals surface area contributed by atoms with E-state index < -0.39 is 11.7 Å². The van der Waals surface area contributed by atoms with Crippen molar-refractivity contribution in [1.29, 1.82) is 0 Å². The summed E-state index contributed by atoms with van der Waals surface area (Å²) in [7, 11) is 0. The Morgan fingerprint density at radius 1 is 1.53 bits per heavy atom. The number of benzene rings is 1. The van der Waals surface area contributed by atoms with Crippen molar-refractivity contribution in [3.63, 3.8) is 0 Å². The van der Waals surface area contributed by atoms with Crippen LogP contribution in [0, 0.1) is 5.82 Å². The Labute approximate surface area is 114 Å². The third-order valence-electron chi connectivity index (χ3n) is 2.55. The molecule has 0 aliphatic rings. The molecule has 2 N–H and O–H groups in total. The summed E-state index contributed by atoms with van der Waals surface area (Å²) in [5, 5.41) is 4.20. The molecule has 0 aliphatic carbocycles. The Morgan fingerprint density at radius 3 is 2.84 bits per heavy atom. The van der Waals surface area contributed by atoms with E-state index >= 15 is 0 Å². The highest BCUT2D eigenvalue weighted by molar-refractivity contribution is 6.30. The van der Waals surface area contributed by atoms with Gasteiger partial charge in [0.15, 0.2) is 5.82 Å². The fourth-order valence-corrected chi connectivity index (χ4v) is 1.79. The summed E-state index contributed by atoms with van der Waals surface area (Å²) in [5.41, 5.74) is 5.63. The van der Waals surface area contributed by atoms with Crippen LogP contribution >= 0.6 is 11.6 Å². The average Bonchev–Trinajstić information content (AvgIpc) is 2.75. The Morgan fingerprint density at radius 2 is 2.26 bits per heavy atom. The van der Waals surface area contributed by atoms with Crippen molar-refractivity contribution in [2.45, 2.75) is 19.9 Å². The van der Waals surface area contributed by atoms with Gasteiger partial charge >= 0.3 is 0 Å². The molecule has 0 saturated heterocycles. The Bertz CT molecular complexity index is 626. The van der Waals surface area contributed by atoms with Crippen LogP contribution in [0.5, 0.6) is 0 Å². The van der Waals surface area contributed by atoms with E-state index in [1.165, 1.54) is 16.8 Å². The molecule has 7 heteroatoms. The molecule has 1 heterocycles. The van der Waals surface area contributed by atoms with Gasteiger partial charge in [-0.15, -0.1) is 0 Å². The third kappa shape index (κ3) is 2.90. The molecule has 100 valence electrons. The quantitative estimate of drug-likeness (QED) is 0.929. The van der Waals surface area contributed by atoms with Crippen LogP contribution in [0.4, 0.5) is 4.39 Å². The maximum atomic E-state index is 13.4. The van der Waals surface area contributed by atoms with E-state index in [0.29, 0.717) is 23.6 Å². The van der Waals surface area contributed by atoms with Gasteiger partial charge in [-0.1, -0.05) is 18.5 Å². The summed E-state index contributed by atoms with van der Waals surface area (Å²) < 4.78 is 14.8. The number of hydrogen-bond donors (Lipinski definition) is 1. The topological polar surface area (TPSA) is 73.8 Å². The Balaban J connectivity index is 2.42. The minimum Gasteiger partial charge on any atom is -0.368 e. The van der Waals surface area contributed by atoms with Crippen molar-refractivity contribution in [1.82, 2.24) is 14.8 Å². The summed E-state index contributed by atoms with van der Waals surface area (Å²) in [6.45, 7) is 1.83. The SMILES string of the molecule is CCc1nc(-c2ccc(Cl)c(F)c2)nn1CC(N)=O. The van der Waals surface area contributed by atoms with Crippen LogP contribution in [-0.2, 0) is 17.8 Å². The van der Waals surface area contributed by atoms with Gasteiger partial charge in [0, 0.05) is 12.0 Å². The van der Waals surface area contributed by atoms with E-state index in [0.717, 1.165) is 0 Å². The minimum atomic E-state index is -0.538. The van der Waals surface area contributed by atoms with Crippen molar-refractivity contribution in [3.05, 3.63) is 34.9 Å². The van der Waals surface area contributed by atoms with Crippen molar-refractivity contribution in [2.75, 3.05) is 0 Å². The number of rotatable bonds is 4. The molecule has 0 bridgehead atoms. The maximum Gasteiger partial charge on any atom is 0.239 e. The number of primary amides is 1. The second-order valence-electron chi connectivity index (χ2n) is 3.96. The van der Waals surface area contributed by atoms with Crippen LogP contribution in [0.1, 0.15) is 12.7 Å². The van der Waals surface area contributed by atoms with Gasteiger partial charge < -0.3 is 5.73 Å². The van der Waals surface area contributed by atoms with E-state index in [9.17, 15) is 9.18 Å². The molecular formula is C12H12ClFN4O. The predicted octanol–water partition coefficient (Wildman–Crippen LogP) is 1.79. The van der Waals surface area contributed by atoms with Gasteiger partial charge in [0.2, 0.25) is 5.91 Å². The van der Waals surface area contributed by atoms with E-state index in [2.05, 4.69) is 10.1 Å². The summed E-state index contributed by atoms with van der Waals surface area (Å²) in [6.07, 6.45) is 0.594. The predicted molar refractivity (Wildman–Crippen MR) is 69.0 cm³/mol. The molecule has 2 aromatic rings. The van der Waals surface area contributed by atoms with Gasteiger partial charge in [-0.25, -0.2) is 14.1 Å². The third-order valence-corrected chi connectivity index (χ3v) is 2.85. The number of halogens is 2. The van der Waals surface area contributed by atoms with Crippen molar-refractivity contribution in [3.8, 4) is 11.4 Å². The molecule has 0 radical (unpaired) electrons. The number of hydrogen-bond acceptors (Lipinski definition) is 3. The molecule has 0 saturated carbocycles. The second-order valence-corrected chi connectivity index (χ2v) is 4.37. The molecule has 0 fully saturated rings. The largest absolute Gasteiger partial charge is 0.368 e. The maximum absolute atomic E-state index is 13.4. The van der Waals surface area contributed by atoms with E-state index in [1.54, 1.807) is 6.07 Å². The molecule has 1 aromatic heterocycles. The number of nitrogens with two attached hydrogens (primary N) is 1. The standard InChI is InChI=1S/C12H12ClFN4O/c1-2-11-16-12(17-18(11)6-10(15)19)7-3-4-8(13)9(14)5-7/h3-5H,2,6H2,1H3,(H2,15,19). The zero-order chi connectivity index (χ0) is 14.0. The van der Waals surface area contributed by atoms with Crippen molar-refractivity contribution in [2.24, 2.45) is 5.73 Å². The Hall–Kier alpha value is -1.95. The zero-order valence-electron chi connectivity index (χ0n) is 10.2. The van der Waals surface area contributed by atoms with Gasteiger partial charge in [0.1, 0.15) is 18.2 Å². The lowest BCUT2D eigenvalue weighted by Crippen LogP contribution is -2.20. The average molecular weight is 283 g/mol. The number of carbonyl (C=O) groups is 1. The highest BCUT2D eigenvalue weighted by Crippen LogP contribution is 2.22. The van der Waals surface area contributed by atoms with Crippen LogP contribution in [-0.4, -0.2) is 20.7 Å². The normalized spacial score (nSPS) is 10.7. The van der Waals surface area contributed by atoms with Crippen LogP contribution < -0.4 is 5.73 Å². The zero-order valence-corrected chi connectivity index (χ0v) is 11.0. The smallest absolute Gasteiger partial charge is 0.239 e. The van der Waals surface area contributed by atoms with Gasteiger partial charge in [-0.05, 0) is 18.2 Å². The first-order valence-corrected chi connectivity index (χ1v) is 6.06. The lowest BCUT2D eigenvalue weighted by Gasteiger charge is -1.99. The summed E-state index contributed by atoms with van der Waals surface area (Å²) in [6, 6.07) is 4.31. The molecule has 19 heavy (non-hydrogen) atoms. The summed E-state index contributed by atoms with van der Waals surface area (Å²) in [4.78, 5) is 15.2. The van der Waals surface area contributed by atoms with E-state index in [-0.39, 0.29) is 11.6 Å². The first-order chi connectivity index (χ1) is 9.01. The minimum absolute atomic E-state index is 0.0380. The molecule has 2 rings (SSSR count). The van der Waals surface area contributed by atoms with E-state index in [1.807, 2.05) is 6.92 Å². The second kappa shape index (κ2) is 5.36. The summed E-state index contributed by atoms with van der Waals surface area (Å²) >= 11 is 5.62. The van der Waals surface area contributed by atoms with Crippen LogP contribution in [0.3, 0.4) is 0 Å². The van der Waals surface area contributed by atoms with Gasteiger partial charge in [0.05, 0.1) is 5.02 Å². The molecule has 1 aromatic carbocycles. The van der Waals surface area contributed by atoms with Crippen LogP contribution in [0.2, 0.25) is 5.02 Å². The molecular weight excluding hydrogens is 271 g/mol. The molecule has 0 atom stereocenters. The number of nitrogens with zero attached hydrogens (tertiary/aromatic N) is 3. The number of carbonyl (C=O) groups excluding carboxylic acids is 1. The van der Waals surface area contributed by atoms with Gasteiger partial charge in [-0.2, -0.15) is 5.10 Å². The molecule has 1 amide bonds. The number of amides is 1. The van der Waals surface area contributed by atoms with Crippen molar-refractivity contribution < 1.29 is 9.18 Å². The fourth-order valence-electron chi connectivity index (χ4n) is 1.67. The Kier molecular flexibility index (Phi) is 3.80. The monoisotopic (exact) mass is 282 g/mol. The lowest BCUT2D eigenvalue weighted by atomic mass is 10.2. The molecule has 0 unspecified atom stereocenters. The molecule has 5 nitrogen and oxygen atoms in total. The number of aryl methyl sites for hydroxylation is 1. The van der Waals surface area contributed by atoms with Crippen LogP contribution in [0.15, 0.2) is 18.2 Å². The molecule has 0 aliphatic heterocycles. The number of aromatic nitrogens is 3. The molecule has 0 spiro atoms. The highest BCUT2D eigenvalue weighted by Gasteiger charge is 2.13. The fraction of sp³-hybridized carbons (Fsp3) is 0.250. The highest BCUT2D eigenvalue weighted by atomic mass is 35.5. The first-order valence-electron chi connectivity index (χ1n) is 5.68. The van der Waals surface area contributed by atoms with Crippen LogP contribution in [0.25, 0.3) is 11.4 Å². The van der Waals surface area contributed by atoms with Gasteiger partial charge in [0.25, 0.3) is 0 Å². The first kappa shape index (κ1) is 13.5.